The molecule has 0 unspecified atom stereocenters. The van der Waals surface area contributed by atoms with Crippen molar-refractivity contribution in [2.75, 3.05) is 11.6 Å². The van der Waals surface area contributed by atoms with Crippen molar-refractivity contribution >= 4 is 44.7 Å². The van der Waals surface area contributed by atoms with Gasteiger partial charge in [0.25, 0.3) is 11.2 Å². The van der Waals surface area contributed by atoms with Crippen LogP contribution in [0.4, 0.5) is 11.4 Å². The Labute approximate surface area is 165 Å². The normalized spacial score (nSPS) is 14.0. The summed E-state index contributed by atoms with van der Waals surface area (Å²) >= 11 is 4.71. The van der Waals surface area contributed by atoms with Crippen LogP contribution in [-0.2, 0) is 6.67 Å². The van der Waals surface area contributed by atoms with Gasteiger partial charge in [-0.1, -0.05) is 39.4 Å². The molecule has 1 aliphatic heterocycles. The van der Waals surface area contributed by atoms with Gasteiger partial charge >= 0.3 is 0 Å². The van der Waals surface area contributed by atoms with E-state index in [0.717, 1.165) is 10.2 Å². The Kier molecular flexibility index (Phi) is 4.63. The first-order valence-electron chi connectivity index (χ1n) is 8.02. The monoisotopic (exact) mass is 444 g/mol. The second-order valence-electron chi connectivity index (χ2n) is 5.94. The smallest absolute Gasteiger partial charge is 0.271 e. The lowest BCUT2D eigenvalue weighted by atomic mass is 10.2. The molecule has 0 bridgehead atoms. The molecule has 27 heavy (non-hydrogen) atoms. The minimum absolute atomic E-state index is 0.00345. The van der Waals surface area contributed by atoms with Crippen molar-refractivity contribution in [3.63, 3.8) is 0 Å². The molecule has 0 amide bonds. The van der Waals surface area contributed by atoms with Crippen LogP contribution < -0.4 is 19.8 Å². The highest BCUT2D eigenvalue weighted by atomic mass is 79.9. The molecule has 0 spiro atoms. The van der Waals surface area contributed by atoms with Crippen molar-refractivity contribution in [1.82, 2.24) is 4.57 Å². The van der Waals surface area contributed by atoms with Gasteiger partial charge in [0.15, 0.2) is 4.80 Å². The molecule has 0 fully saturated rings. The number of nitrogens with zero attached hydrogens (tertiary/aromatic N) is 4. The van der Waals surface area contributed by atoms with Crippen LogP contribution in [0.2, 0.25) is 0 Å². The Morgan fingerprint density at radius 3 is 2.74 bits per heavy atom. The number of nitro benzene ring substituents is 1. The molecular formula is C18H13BrN4O3S. The molecule has 4 rings (SSSR count). The summed E-state index contributed by atoms with van der Waals surface area (Å²) in [6.45, 7) is 0.885. The number of fused-ring (bicyclic) bond motifs is 1. The number of benzene rings is 2. The first kappa shape index (κ1) is 17.6. The number of nitro groups is 1. The van der Waals surface area contributed by atoms with Crippen LogP contribution in [-0.4, -0.2) is 16.2 Å². The van der Waals surface area contributed by atoms with Crippen molar-refractivity contribution < 1.29 is 4.92 Å². The Bertz CT molecular complexity index is 1200. The fraction of sp³-hybridized carbons (Fsp3) is 0.111. The second kappa shape index (κ2) is 7.09. The van der Waals surface area contributed by atoms with E-state index in [0.29, 0.717) is 28.2 Å². The average molecular weight is 445 g/mol. The Balaban J connectivity index is 1.70. The van der Waals surface area contributed by atoms with Crippen molar-refractivity contribution in [2.24, 2.45) is 4.99 Å². The summed E-state index contributed by atoms with van der Waals surface area (Å²) in [5.74, 6) is 0. The maximum Gasteiger partial charge on any atom is 0.271 e. The number of hydrogen-bond acceptors (Lipinski definition) is 6. The van der Waals surface area contributed by atoms with E-state index in [1.165, 1.54) is 23.5 Å². The quantitative estimate of drug-likeness (QED) is 0.458. The van der Waals surface area contributed by atoms with Gasteiger partial charge in [-0.15, -0.1) is 0 Å². The van der Waals surface area contributed by atoms with E-state index in [1.54, 1.807) is 22.8 Å². The van der Waals surface area contributed by atoms with Crippen LogP contribution >= 0.6 is 27.3 Å². The molecule has 0 N–H and O–H groups in total. The van der Waals surface area contributed by atoms with Crippen molar-refractivity contribution in [3.05, 3.63) is 88.4 Å². The summed E-state index contributed by atoms with van der Waals surface area (Å²) in [5, 5.41) is 10.9. The fourth-order valence-corrected chi connectivity index (χ4v) is 4.03. The lowest BCUT2D eigenvalue weighted by Crippen LogP contribution is -2.42. The number of halogens is 1. The van der Waals surface area contributed by atoms with E-state index in [2.05, 4.69) is 20.9 Å². The Morgan fingerprint density at radius 1 is 1.22 bits per heavy atom. The zero-order valence-corrected chi connectivity index (χ0v) is 16.3. The predicted octanol–water partition coefficient (Wildman–Crippen LogP) is 2.46. The molecule has 0 radical (unpaired) electrons. The van der Waals surface area contributed by atoms with Crippen LogP contribution in [0.25, 0.3) is 6.08 Å². The maximum atomic E-state index is 12.8. The van der Waals surface area contributed by atoms with Gasteiger partial charge in [-0.05, 0) is 35.9 Å². The standard InChI is InChI=1S/C18H13BrN4O3S/c19-13-4-6-14(7-5-13)21-10-20-18-22(11-21)17(24)16(27-18)9-12-2-1-3-15(8-12)23(25)26/h1-9H,10-11H2/b16-9-. The molecule has 1 aliphatic rings. The lowest BCUT2D eigenvalue weighted by molar-refractivity contribution is -0.384. The van der Waals surface area contributed by atoms with E-state index < -0.39 is 4.92 Å². The van der Waals surface area contributed by atoms with E-state index in [4.69, 9.17) is 0 Å². The second-order valence-corrected chi connectivity index (χ2v) is 7.86. The number of non-ortho nitro benzene ring substituents is 1. The third-order valence-electron chi connectivity index (χ3n) is 4.15. The SMILES string of the molecule is O=c1/c(=C/c2cccc([N+](=O)[O-])c2)sc2n1CN(c1ccc(Br)cc1)CN=2. The Hall–Kier alpha value is -2.78. The number of anilines is 1. The minimum atomic E-state index is -0.449. The number of aromatic nitrogens is 1. The maximum absolute atomic E-state index is 12.8. The number of rotatable bonds is 3. The average Bonchev–Trinajstić information content (AvgIpc) is 2.98. The first-order chi connectivity index (χ1) is 13.0. The summed E-state index contributed by atoms with van der Waals surface area (Å²) in [7, 11) is 0. The summed E-state index contributed by atoms with van der Waals surface area (Å²) in [6, 6.07) is 14.1. The highest BCUT2D eigenvalue weighted by Crippen LogP contribution is 2.19. The largest absolute Gasteiger partial charge is 0.334 e. The molecule has 0 saturated carbocycles. The van der Waals surface area contributed by atoms with Crippen LogP contribution in [0.1, 0.15) is 5.56 Å². The highest BCUT2D eigenvalue weighted by molar-refractivity contribution is 9.10. The number of hydrogen-bond donors (Lipinski definition) is 0. The van der Waals surface area contributed by atoms with E-state index in [-0.39, 0.29) is 11.2 Å². The van der Waals surface area contributed by atoms with Gasteiger partial charge in [0.05, 0.1) is 9.46 Å². The summed E-state index contributed by atoms with van der Waals surface area (Å²) in [4.78, 5) is 30.4. The molecule has 9 heteroatoms. The topological polar surface area (TPSA) is 80.7 Å². The van der Waals surface area contributed by atoms with Crippen LogP contribution in [0.5, 0.6) is 0 Å². The van der Waals surface area contributed by atoms with Crippen LogP contribution in [0, 0.1) is 10.1 Å². The minimum Gasteiger partial charge on any atom is -0.334 e. The van der Waals surface area contributed by atoms with Crippen molar-refractivity contribution in [1.29, 1.82) is 0 Å². The third kappa shape index (κ3) is 3.56. The zero-order valence-electron chi connectivity index (χ0n) is 13.9. The van der Waals surface area contributed by atoms with Gasteiger partial charge in [-0.3, -0.25) is 19.5 Å². The van der Waals surface area contributed by atoms with Gasteiger partial charge in [0.2, 0.25) is 0 Å². The van der Waals surface area contributed by atoms with Gasteiger partial charge in [0, 0.05) is 22.3 Å². The fourth-order valence-electron chi connectivity index (χ4n) is 2.81. The lowest BCUT2D eigenvalue weighted by Gasteiger charge is -2.25. The molecule has 136 valence electrons. The van der Waals surface area contributed by atoms with Crippen LogP contribution in [0.15, 0.2) is 62.8 Å². The van der Waals surface area contributed by atoms with Gasteiger partial charge in [0.1, 0.15) is 13.3 Å². The van der Waals surface area contributed by atoms with Gasteiger partial charge in [-0.2, -0.15) is 0 Å². The van der Waals surface area contributed by atoms with Gasteiger partial charge in [-0.25, -0.2) is 4.99 Å². The predicted molar refractivity (Wildman–Crippen MR) is 108 cm³/mol. The summed E-state index contributed by atoms with van der Waals surface area (Å²) in [5.41, 5.74) is 1.45. The molecule has 2 heterocycles. The number of thiazole rings is 1. The van der Waals surface area contributed by atoms with Crippen LogP contribution in [0.3, 0.4) is 0 Å². The molecule has 0 atom stereocenters. The first-order valence-corrected chi connectivity index (χ1v) is 9.63. The van der Waals surface area contributed by atoms with Crippen molar-refractivity contribution in [2.45, 2.75) is 6.67 Å². The highest BCUT2D eigenvalue weighted by Gasteiger charge is 2.16. The van der Waals surface area contributed by atoms with E-state index in [1.807, 2.05) is 29.2 Å². The molecule has 2 aromatic carbocycles. The van der Waals surface area contributed by atoms with E-state index in [9.17, 15) is 14.9 Å². The molecule has 3 aromatic rings. The molecule has 7 nitrogen and oxygen atoms in total. The summed E-state index contributed by atoms with van der Waals surface area (Å²) < 4.78 is 3.12. The molecule has 1 aromatic heterocycles. The molecule has 0 saturated heterocycles. The zero-order chi connectivity index (χ0) is 19.0. The van der Waals surface area contributed by atoms with Gasteiger partial charge < -0.3 is 4.90 Å². The third-order valence-corrected chi connectivity index (χ3v) is 5.72. The van der Waals surface area contributed by atoms with E-state index >= 15 is 0 Å². The molecular weight excluding hydrogens is 432 g/mol. The molecule has 0 aliphatic carbocycles. The van der Waals surface area contributed by atoms with Crippen molar-refractivity contribution in [3.8, 4) is 0 Å². The summed E-state index contributed by atoms with van der Waals surface area (Å²) in [6.07, 6.45) is 1.67. The Morgan fingerprint density at radius 2 is 2.00 bits per heavy atom.